The highest BCUT2D eigenvalue weighted by Crippen LogP contribution is 2.27. The lowest BCUT2D eigenvalue weighted by Gasteiger charge is -2.26. The second-order valence-corrected chi connectivity index (χ2v) is 8.43. The average Bonchev–Trinajstić information content (AvgIpc) is 3.00. The standard InChI is InChI=1S/C24H19IN2O3/c1-15-13-17(25)11-12-20(15)26-22(28)21(14-16-7-3-2-4-8-16)27-23(29)18-9-5-6-10-19(18)24(27)30/h2-13,21H,14H2,1H3,(H,26,28)/t21-/m0/s1. The first-order chi connectivity index (χ1) is 14.5. The molecule has 0 saturated carbocycles. The predicted octanol–water partition coefficient (Wildman–Crippen LogP) is 4.45. The number of rotatable bonds is 5. The smallest absolute Gasteiger partial charge is 0.262 e. The number of hydrogen-bond acceptors (Lipinski definition) is 3. The van der Waals surface area contributed by atoms with Gasteiger partial charge in [-0.15, -0.1) is 0 Å². The van der Waals surface area contributed by atoms with Gasteiger partial charge in [0, 0.05) is 15.7 Å². The van der Waals surface area contributed by atoms with Crippen molar-refractivity contribution in [1.82, 2.24) is 4.90 Å². The molecule has 3 aromatic rings. The second kappa shape index (κ2) is 8.39. The van der Waals surface area contributed by atoms with Crippen LogP contribution in [0.1, 0.15) is 31.8 Å². The molecular weight excluding hydrogens is 491 g/mol. The van der Waals surface area contributed by atoms with Gasteiger partial charge in [0.25, 0.3) is 11.8 Å². The Hall–Kier alpha value is -3.00. The fourth-order valence-electron chi connectivity index (χ4n) is 3.61. The van der Waals surface area contributed by atoms with Crippen LogP contribution < -0.4 is 5.32 Å². The van der Waals surface area contributed by atoms with Crippen molar-refractivity contribution in [2.45, 2.75) is 19.4 Å². The Morgan fingerprint density at radius 1 is 0.933 bits per heavy atom. The van der Waals surface area contributed by atoms with Gasteiger partial charge in [-0.1, -0.05) is 42.5 Å². The Kier molecular flexibility index (Phi) is 5.67. The van der Waals surface area contributed by atoms with Crippen molar-refractivity contribution in [3.8, 4) is 0 Å². The lowest BCUT2D eigenvalue weighted by molar-refractivity contribution is -0.119. The second-order valence-electron chi connectivity index (χ2n) is 7.18. The molecule has 0 spiro atoms. The van der Waals surface area contributed by atoms with Crippen molar-refractivity contribution in [3.63, 3.8) is 0 Å². The largest absolute Gasteiger partial charge is 0.324 e. The molecule has 1 heterocycles. The van der Waals surface area contributed by atoms with Gasteiger partial charge in [0.15, 0.2) is 0 Å². The van der Waals surface area contributed by atoms with Crippen LogP contribution in [0.3, 0.4) is 0 Å². The molecule has 6 heteroatoms. The van der Waals surface area contributed by atoms with E-state index < -0.39 is 23.8 Å². The average molecular weight is 510 g/mol. The molecule has 0 radical (unpaired) electrons. The molecule has 3 amide bonds. The summed E-state index contributed by atoms with van der Waals surface area (Å²) in [6.07, 6.45) is 0.238. The van der Waals surface area contributed by atoms with Crippen LogP contribution in [0.2, 0.25) is 0 Å². The molecule has 0 fully saturated rings. The number of fused-ring (bicyclic) bond motifs is 1. The monoisotopic (exact) mass is 510 g/mol. The predicted molar refractivity (Wildman–Crippen MR) is 123 cm³/mol. The first kappa shape index (κ1) is 20.3. The van der Waals surface area contributed by atoms with Crippen molar-refractivity contribution in [1.29, 1.82) is 0 Å². The van der Waals surface area contributed by atoms with Crippen LogP contribution >= 0.6 is 22.6 Å². The molecule has 0 aliphatic carbocycles. The minimum atomic E-state index is -0.960. The SMILES string of the molecule is Cc1cc(I)ccc1NC(=O)[C@H](Cc1ccccc1)N1C(=O)c2ccccc2C1=O. The number of benzene rings is 3. The van der Waals surface area contributed by atoms with Gasteiger partial charge in [-0.3, -0.25) is 19.3 Å². The number of anilines is 1. The van der Waals surface area contributed by atoms with Crippen molar-refractivity contribution < 1.29 is 14.4 Å². The number of aryl methyl sites for hydroxylation is 1. The topological polar surface area (TPSA) is 66.5 Å². The molecule has 0 unspecified atom stereocenters. The number of carbonyl (C=O) groups is 3. The van der Waals surface area contributed by atoms with E-state index in [1.807, 2.05) is 55.5 Å². The number of halogens is 1. The van der Waals surface area contributed by atoms with Gasteiger partial charge in [0.2, 0.25) is 5.91 Å². The molecule has 0 aromatic heterocycles. The quantitative estimate of drug-likeness (QED) is 0.408. The van der Waals surface area contributed by atoms with Crippen LogP contribution in [0.15, 0.2) is 72.8 Å². The van der Waals surface area contributed by atoms with Gasteiger partial charge < -0.3 is 5.32 Å². The number of nitrogens with one attached hydrogen (secondary N) is 1. The van der Waals surface area contributed by atoms with Crippen LogP contribution in [0.25, 0.3) is 0 Å². The molecule has 1 atom stereocenters. The summed E-state index contributed by atoms with van der Waals surface area (Å²) in [6, 6.07) is 20.8. The van der Waals surface area contributed by atoms with Gasteiger partial charge in [0.1, 0.15) is 6.04 Å². The Morgan fingerprint density at radius 2 is 1.53 bits per heavy atom. The highest BCUT2D eigenvalue weighted by molar-refractivity contribution is 14.1. The van der Waals surface area contributed by atoms with E-state index >= 15 is 0 Å². The maximum atomic E-state index is 13.3. The lowest BCUT2D eigenvalue weighted by Crippen LogP contribution is -2.48. The summed E-state index contributed by atoms with van der Waals surface area (Å²) in [6.45, 7) is 1.91. The van der Waals surface area contributed by atoms with E-state index in [0.29, 0.717) is 16.8 Å². The molecule has 150 valence electrons. The molecule has 1 N–H and O–H groups in total. The van der Waals surface area contributed by atoms with Crippen molar-refractivity contribution in [2.24, 2.45) is 0 Å². The molecule has 3 aromatic carbocycles. The molecule has 1 aliphatic heterocycles. The van der Waals surface area contributed by atoms with E-state index in [4.69, 9.17) is 0 Å². The number of hydrogen-bond donors (Lipinski definition) is 1. The Morgan fingerprint density at radius 3 is 2.13 bits per heavy atom. The van der Waals surface area contributed by atoms with E-state index in [9.17, 15) is 14.4 Å². The molecule has 30 heavy (non-hydrogen) atoms. The first-order valence-electron chi connectivity index (χ1n) is 9.53. The third-order valence-electron chi connectivity index (χ3n) is 5.16. The fourth-order valence-corrected chi connectivity index (χ4v) is 4.26. The number of imide groups is 1. The first-order valence-corrected chi connectivity index (χ1v) is 10.6. The van der Waals surface area contributed by atoms with E-state index in [1.54, 1.807) is 24.3 Å². The van der Waals surface area contributed by atoms with Crippen LogP contribution in [0, 0.1) is 10.5 Å². The molecular formula is C24H19IN2O3. The zero-order chi connectivity index (χ0) is 21.3. The summed E-state index contributed by atoms with van der Waals surface area (Å²) < 4.78 is 1.06. The van der Waals surface area contributed by atoms with E-state index in [0.717, 1.165) is 19.6 Å². The molecule has 1 aliphatic rings. The summed E-state index contributed by atoms with van der Waals surface area (Å²) in [7, 11) is 0. The van der Waals surface area contributed by atoms with Crippen molar-refractivity contribution >= 4 is 46.0 Å². The number of carbonyl (C=O) groups excluding carboxylic acids is 3. The maximum Gasteiger partial charge on any atom is 0.262 e. The summed E-state index contributed by atoms with van der Waals surface area (Å²) >= 11 is 2.21. The lowest BCUT2D eigenvalue weighted by atomic mass is 10.0. The van der Waals surface area contributed by atoms with Gasteiger partial charge in [-0.05, 0) is 71.0 Å². The summed E-state index contributed by atoms with van der Waals surface area (Å²) in [5, 5.41) is 2.91. The molecule has 0 bridgehead atoms. The molecule has 5 nitrogen and oxygen atoms in total. The highest BCUT2D eigenvalue weighted by atomic mass is 127. The van der Waals surface area contributed by atoms with Gasteiger partial charge in [0.05, 0.1) is 11.1 Å². The zero-order valence-corrected chi connectivity index (χ0v) is 18.4. The van der Waals surface area contributed by atoms with E-state index in [2.05, 4.69) is 27.9 Å². The van der Waals surface area contributed by atoms with Crippen molar-refractivity contribution in [2.75, 3.05) is 5.32 Å². The van der Waals surface area contributed by atoms with Crippen LogP contribution in [-0.2, 0) is 11.2 Å². The minimum absolute atomic E-state index is 0.238. The zero-order valence-electron chi connectivity index (χ0n) is 16.3. The van der Waals surface area contributed by atoms with Crippen LogP contribution in [0.4, 0.5) is 5.69 Å². The van der Waals surface area contributed by atoms with E-state index in [-0.39, 0.29) is 6.42 Å². The number of nitrogens with zero attached hydrogens (tertiary/aromatic N) is 1. The van der Waals surface area contributed by atoms with Gasteiger partial charge in [-0.25, -0.2) is 0 Å². The van der Waals surface area contributed by atoms with Gasteiger partial charge >= 0.3 is 0 Å². The Balaban J connectivity index is 1.69. The summed E-state index contributed by atoms with van der Waals surface area (Å²) in [5.74, 6) is -1.27. The summed E-state index contributed by atoms with van der Waals surface area (Å²) in [5.41, 5.74) is 3.11. The minimum Gasteiger partial charge on any atom is -0.324 e. The third-order valence-corrected chi connectivity index (χ3v) is 5.83. The number of amides is 3. The van der Waals surface area contributed by atoms with Crippen LogP contribution in [0.5, 0.6) is 0 Å². The normalized spacial score (nSPS) is 13.9. The maximum absolute atomic E-state index is 13.3. The van der Waals surface area contributed by atoms with Crippen LogP contribution in [-0.4, -0.2) is 28.7 Å². The Labute approximate surface area is 188 Å². The third kappa shape index (κ3) is 3.87. The molecule has 0 saturated heterocycles. The van der Waals surface area contributed by atoms with E-state index in [1.165, 1.54) is 0 Å². The summed E-state index contributed by atoms with van der Waals surface area (Å²) in [4.78, 5) is 40.5. The molecule has 4 rings (SSSR count). The Bertz CT molecular complexity index is 1110. The van der Waals surface area contributed by atoms with Crippen molar-refractivity contribution in [3.05, 3.63) is 98.6 Å². The highest BCUT2D eigenvalue weighted by Gasteiger charge is 2.42. The fraction of sp³-hybridized carbons (Fsp3) is 0.125. The van der Waals surface area contributed by atoms with Gasteiger partial charge in [-0.2, -0.15) is 0 Å².